The standard InChI is InChI=1S/C24H22N2O3/c27-20-13-11-19(12-14-20)23(26-16-15-21(26)28)24(29)25-22(17-7-3-1-4-8-17)18-9-5-2-6-10-18/h1-14,22-23,27H,15-16H2,(H,25,29)/t23-/m0/s1. The Bertz CT molecular complexity index is 948. The lowest BCUT2D eigenvalue weighted by Crippen LogP contribution is -2.51. The van der Waals surface area contributed by atoms with Gasteiger partial charge in [0, 0.05) is 13.0 Å². The van der Waals surface area contributed by atoms with Crippen LogP contribution in [0.5, 0.6) is 5.75 Å². The van der Waals surface area contributed by atoms with Crippen LogP contribution >= 0.6 is 0 Å². The smallest absolute Gasteiger partial charge is 0.248 e. The highest BCUT2D eigenvalue weighted by molar-refractivity contribution is 5.91. The fourth-order valence-corrected chi connectivity index (χ4v) is 3.61. The van der Waals surface area contributed by atoms with E-state index in [1.165, 1.54) is 12.1 Å². The molecule has 0 unspecified atom stereocenters. The Balaban J connectivity index is 1.67. The number of nitrogens with zero attached hydrogens (tertiary/aromatic N) is 1. The van der Waals surface area contributed by atoms with Crippen molar-refractivity contribution in [2.75, 3.05) is 6.54 Å². The summed E-state index contributed by atoms with van der Waals surface area (Å²) in [4.78, 5) is 27.1. The van der Waals surface area contributed by atoms with Gasteiger partial charge in [-0.2, -0.15) is 0 Å². The second-order valence-corrected chi connectivity index (χ2v) is 7.09. The molecule has 3 aromatic rings. The van der Waals surface area contributed by atoms with Crippen LogP contribution in [0.4, 0.5) is 0 Å². The van der Waals surface area contributed by atoms with Crippen LogP contribution in [-0.2, 0) is 9.59 Å². The summed E-state index contributed by atoms with van der Waals surface area (Å²) in [5, 5.41) is 12.7. The molecule has 0 saturated carbocycles. The number of phenolic OH excluding ortho intramolecular Hbond substituents is 1. The largest absolute Gasteiger partial charge is 0.508 e. The van der Waals surface area contributed by atoms with E-state index in [9.17, 15) is 14.7 Å². The van der Waals surface area contributed by atoms with Gasteiger partial charge in [-0.15, -0.1) is 0 Å². The van der Waals surface area contributed by atoms with Gasteiger partial charge in [0.2, 0.25) is 11.8 Å². The molecule has 1 atom stereocenters. The average Bonchev–Trinajstić information content (AvgIpc) is 2.76. The van der Waals surface area contributed by atoms with Crippen LogP contribution in [0.2, 0.25) is 0 Å². The van der Waals surface area contributed by atoms with E-state index < -0.39 is 6.04 Å². The first-order valence-electron chi connectivity index (χ1n) is 9.62. The highest BCUT2D eigenvalue weighted by Gasteiger charge is 2.37. The van der Waals surface area contributed by atoms with Crippen LogP contribution in [0.25, 0.3) is 0 Å². The number of hydrogen-bond donors (Lipinski definition) is 2. The van der Waals surface area contributed by atoms with Crippen molar-refractivity contribution in [3.05, 3.63) is 102 Å². The third kappa shape index (κ3) is 3.99. The maximum atomic E-state index is 13.4. The van der Waals surface area contributed by atoms with E-state index in [-0.39, 0.29) is 23.6 Å². The molecule has 0 spiro atoms. The van der Waals surface area contributed by atoms with E-state index in [2.05, 4.69) is 5.32 Å². The zero-order valence-electron chi connectivity index (χ0n) is 15.9. The Kier molecular flexibility index (Phi) is 5.29. The number of carbonyl (C=O) groups excluding carboxylic acids is 2. The van der Waals surface area contributed by atoms with Gasteiger partial charge in [-0.3, -0.25) is 9.59 Å². The van der Waals surface area contributed by atoms with Gasteiger partial charge in [0.05, 0.1) is 6.04 Å². The van der Waals surface area contributed by atoms with Crippen LogP contribution in [0.15, 0.2) is 84.9 Å². The van der Waals surface area contributed by atoms with Gasteiger partial charge in [0.15, 0.2) is 0 Å². The molecular formula is C24H22N2O3. The first-order valence-corrected chi connectivity index (χ1v) is 9.62. The summed E-state index contributed by atoms with van der Waals surface area (Å²) in [5.74, 6) is -0.176. The van der Waals surface area contributed by atoms with Gasteiger partial charge in [-0.1, -0.05) is 72.8 Å². The lowest BCUT2D eigenvalue weighted by atomic mass is 9.96. The van der Waals surface area contributed by atoms with Gasteiger partial charge in [-0.05, 0) is 28.8 Å². The maximum absolute atomic E-state index is 13.4. The van der Waals surface area contributed by atoms with Crippen LogP contribution < -0.4 is 5.32 Å². The maximum Gasteiger partial charge on any atom is 0.248 e. The summed E-state index contributed by atoms with van der Waals surface area (Å²) in [6.07, 6.45) is 0.447. The molecule has 1 aliphatic rings. The Hall–Kier alpha value is -3.60. The summed E-state index contributed by atoms with van der Waals surface area (Å²) < 4.78 is 0. The molecule has 1 saturated heterocycles. The van der Waals surface area contributed by atoms with E-state index in [0.29, 0.717) is 18.5 Å². The molecule has 1 fully saturated rings. The summed E-state index contributed by atoms with van der Waals surface area (Å²) in [6.45, 7) is 0.541. The molecule has 3 aromatic carbocycles. The molecule has 2 N–H and O–H groups in total. The first-order chi connectivity index (χ1) is 14.1. The molecule has 1 aliphatic heterocycles. The Labute approximate surface area is 169 Å². The summed E-state index contributed by atoms with van der Waals surface area (Å²) >= 11 is 0. The normalized spacial score (nSPS) is 14.4. The molecule has 5 nitrogen and oxygen atoms in total. The molecule has 29 heavy (non-hydrogen) atoms. The van der Waals surface area contributed by atoms with Crippen molar-refractivity contribution in [3.8, 4) is 5.75 Å². The molecule has 2 amide bonds. The predicted octanol–water partition coefficient (Wildman–Crippen LogP) is 3.57. The van der Waals surface area contributed by atoms with E-state index >= 15 is 0 Å². The summed E-state index contributed by atoms with van der Waals surface area (Å²) in [7, 11) is 0. The van der Waals surface area contributed by atoms with E-state index in [1.807, 2.05) is 60.7 Å². The lowest BCUT2D eigenvalue weighted by molar-refractivity contribution is -0.149. The monoisotopic (exact) mass is 386 g/mol. The number of carbonyl (C=O) groups is 2. The van der Waals surface area contributed by atoms with Gasteiger partial charge < -0.3 is 15.3 Å². The second kappa shape index (κ2) is 8.19. The molecule has 0 bridgehead atoms. The minimum absolute atomic E-state index is 0.0470. The number of phenols is 1. The van der Waals surface area contributed by atoms with E-state index in [1.54, 1.807) is 17.0 Å². The minimum Gasteiger partial charge on any atom is -0.508 e. The molecule has 5 heteroatoms. The van der Waals surface area contributed by atoms with Gasteiger partial charge >= 0.3 is 0 Å². The van der Waals surface area contributed by atoms with Crippen molar-refractivity contribution in [3.63, 3.8) is 0 Å². The number of aromatic hydroxyl groups is 1. The number of rotatable bonds is 6. The third-order valence-corrected chi connectivity index (χ3v) is 5.21. The number of nitrogens with one attached hydrogen (secondary N) is 1. The van der Waals surface area contributed by atoms with Crippen LogP contribution in [0, 0.1) is 0 Å². The van der Waals surface area contributed by atoms with Crippen LogP contribution in [0.1, 0.15) is 35.2 Å². The SMILES string of the molecule is O=C(NC(c1ccccc1)c1ccccc1)[C@H](c1ccc(O)cc1)N1CCC1=O. The number of likely N-dealkylation sites (tertiary alicyclic amines) is 1. The van der Waals surface area contributed by atoms with Crippen LogP contribution in [0.3, 0.4) is 0 Å². The highest BCUT2D eigenvalue weighted by atomic mass is 16.3. The molecule has 4 rings (SSSR count). The first kappa shape index (κ1) is 18.7. The fourth-order valence-electron chi connectivity index (χ4n) is 3.61. The predicted molar refractivity (Wildman–Crippen MR) is 110 cm³/mol. The Morgan fingerprint density at radius 3 is 1.83 bits per heavy atom. The van der Waals surface area contributed by atoms with Crippen molar-refractivity contribution in [2.24, 2.45) is 0 Å². The zero-order chi connectivity index (χ0) is 20.2. The molecular weight excluding hydrogens is 364 g/mol. The number of benzene rings is 3. The molecule has 0 aliphatic carbocycles. The number of β-lactam (4-membered cyclic amide) rings is 1. The third-order valence-electron chi connectivity index (χ3n) is 5.21. The average molecular weight is 386 g/mol. The lowest BCUT2D eigenvalue weighted by Gasteiger charge is -2.38. The van der Waals surface area contributed by atoms with Crippen molar-refractivity contribution < 1.29 is 14.7 Å². The van der Waals surface area contributed by atoms with Gasteiger partial charge in [0.1, 0.15) is 11.8 Å². The molecule has 0 radical (unpaired) electrons. The van der Waals surface area contributed by atoms with Crippen LogP contribution in [-0.4, -0.2) is 28.4 Å². The Morgan fingerprint density at radius 2 is 1.38 bits per heavy atom. The Morgan fingerprint density at radius 1 is 0.828 bits per heavy atom. The number of amides is 2. The molecule has 0 aromatic heterocycles. The second-order valence-electron chi connectivity index (χ2n) is 7.09. The fraction of sp³-hybridized carbons (Fsp3) is 0.167. The quantitative estimate of drug-likeness (QED) is 0.637. The molecule has 1 heterocycles. The zero-order valence-corrected chi connectivity index (χ0v) is 15.9. The van der Waals surface area contributed by atoms with Crippen molar-refractivity contribution in [2.45, 2.75) is 18.5 Å². The highest BCUT2D eigenvalue weighted by Crippen LogP contribution is 2.30. The topological polar surface area (TPSA) is 69.6 Å². The van der Waals surface area contributed by atoms with Crippen molar-refractivity contribution in [1.82, 2.24) is 10.2 Å². The van der Waals surface area contributed by atoms with E-state index in [0.717, 1.165) is 11.1 Å². The number of hydrogen-bond acceptors (Lipinski definition) is 3. The van der Waals surface area contributed by atoms with Gasteiger partial charge in [0.25, 0.3) is 0 Å². The molecule has 146 valence electrons. The minimum atomic E-state index is -0.730. The van der Waals surface area contributed by atoms with Gasteiger partial charge in [-0.25, -0.2) is 0 Å². The van der Waals surface area contributed by atoms with E-state index in [4.69, 9.17) is 0 Å². The summed E-state index contributed by atoms with van der Waals surface area (Å²) in [5.41, 5.74) is 2.60. The van der Waals surface area contributed by atoms with Crippen molar-refractivity contribution in [1.29, 1.82) is 0 Å². The van der Waals surface area contributed by atoms with Crippen molar-refractivity contribution >= 4 is 11.8 Å². The summed E-state index contributed by atoms with van der Waals surface area (Å²) in [6, 6.07) is 24.9.